The summed E-state index contributed by atoms with van der Waals surface area (Å²) in [4.78, 5) is 38.9. The first-order valence-electron chi connectivity index (χ1n) is 18.7. The average Bonchev–Trinajstić information content (AvgIpc) is 3.69. The second kappa shape index (κ2) is 19.1. The summed E-state index contributed by atoms with van der Waals surface area (Å²) in [6, 6.07) is 21.8. The van der Waals surface area contributed by atoms with Crippen LogP contribution < -0.4 is 29.9 Å². The van der Waals surface area contributed by atoms with Crippen molar-refractivity contribution in [2.75, 3.05) is 56.1 Å². The number of alkyl carbamates (subject to hydrolysis) is 1. The average molecular weight is 823 g/mol. The number of esters is 1. The molecule has 1 amide bonds. The van der Waals surface area contributed by atoms with E-state index in [2.05, 4.69) is 32.9 Å². The van der Waals surface area contributed by atoms with Crippen molar-refractivity contribution in [1.82, 2.24) is 24.9 Å². The molecule has 1 saturated heterocycles. The third-order valence-electron chi connectivity index (χ3n) is 9.75. The summed E-state index contributed by atoms with van der Waals surface area (Å²) in [6.07, 6.45) is -0.706. The third kappa shape index (κ3) is 9.84. The number of carbonyl (C=O) groups is 2. The van der Waals surface area contributed by atoms with Crippen molar-refractivity contribution in [1.29, 1.82) is 10.5 Å². The Morgan fingerprint density at radius 2 is 1.71 bits per heavy atom. The molecule has 3 unspecified atom stereocenters. The van der Waals surface area contributed by atoms with Crippen molar-refractivity contribution in [3.8, 4) is 23.6 Å². The molecule has 1 aliphatic heterocycles. The molecule has 0 bridgehead atoms. The normalized spacial score (nSPS) is 15.4. The Hall–Kier alpha value is -6.82. The fraction of sp³-hybridized carbons (Fsp3) is 0.341. The maximum Gasteiger partial charge on any atom is 0.407 e. The minimum absolute atomic E-state index is 0.0922. The van der Waals surface area contributed by atoms with Gasteiger partial charge in [0.15, 0.2) is 23.3 Å². The Morgan fingerprint density at radius 1 is 1.02 bits per heavy atom. The summed E-state index contributed by atoms with van der Waals surface area (Å²) in [7, 11) is 4.44. The van der Waals surface area contributed by atoms with Gasteiger partial charge in [-0.15, -0.1) is 5.10 Å². The SMILES string of the molecule is CCN(Cc1ccc(OC)cc1)c1nc(Nc2cc(C#N)cc(N3CCC(NC(=O)OC)C(OC(=O)C(C)OCc4ccc(OC)cc4)C3)c2Cl)nn2c(C#N)cnc12. The van der Waals surface area contributed by atoms with E-state index in [1.54, 1.807) is 45.4 Å². The zero-order valence-corrected chi connectivity index (χ0v) is 33.9. The predicted octanol–water partition coefficient (Wildman–Crippen LogP) is 5.76. The monoisotopic (exact) mass is 822 g/mol. The van der Waals surface area contributed by atoms with Crippen LogP contribution in [-0.4, -0.2) is 90.9 Å². The summed E-state index contributed by atoms with van der Waals surface area (Å²) in [5, 5.41) is 30.8. The molecule has 3 heterocycles. The van der Waals surface area contributed by atoms with E-state index in [1.807, 2.05) is 53.1 Å². The highest BCUT2D eigenvalue weighted by Crippen LogP contribution is 2.38. The molecule has 1 fully saturated rings. The largest absolute Gasteiger partial charge is 0.497 e. The first-order valence-corrected chi connectivity index (χ1v) is 19.0. The molecule has 3 aromatic carbocycles. The van der Waals surface area contributed by atoms with Crippen molar-refractivity contribution in [2.45, 2.75) is 51.7 Å². The number of carbonyl (C=O) groups excluding carboxylic acids is 2. The number of nitriles is 2. The Kier molecular flexibility index (Phi) is 13.5. The number of hydrogen-bond donors (Lipinski definition) is 2. The quantitative estimate of drug-likeness (QED) is 0.121. The molecule has 17 nitrogen and oxygen atoms in total. The molecule has 59 heavy (non-hydrogen) atoms. The number of anilines is 4. The summed E-state index contributed by atoms with van der Waals surface area (Å²) >= 11 is 7.12. The van der Waals surface area contributed by atoms with Crippen LogP contribution in [0.1, 0.15) is 42.7 Å². The zero-order valence-electron chi connectivity index (χ0n) is 33.1. The van der Waals surface area contributed by atoms with Crippen LogP contribution in [0.3, 0.4) is 0 Å². The van der Waals surface area contributed by atoms with E-state index >= 15 is 0 Å². The number of piperidine rings is 1. The van der Waals surface area contributed by atoms with Gasteiger partial charge in [-0.3, -0.25) is 0 Å². The first kappa shape index (κ1) is 41.8. The molecule has 0 saturated carbocycles. The van der Waals surface area contributed by atoms with Gasteiger partial charge in [-0.1, -0.05) is 35.9 Å². The standard InChI is InChI=1S/C41H43ClN10O7/c1-6-50(22-26-7-11-30(55-3)12-8-26)38-37-45-21-29(20-44)52(37)49-40(48-38)46-33-17-28(19-43)18-34(36(33)42)51-16-15-32(47-41(54)57-5)35(23-51)59-39(53)25(2)58-24-27-9-13-31(56-4)14-10-27/h7-14,17-18,21,25,32,35H,6,15-16,22-24H2,1-5H3,(H,46,49)(H,47,54). The smallest absolute Gasteiger partial charge is 0.407 e. The number of amides is 1. The van der Waals surface area contributed by atoms with E-state index in [0.717, 1.165) is 16.9 Å². The number of ether oxygens (including phenoxy) is 5. The molecule has 6 rings (SSSR count). The van der Waals surface area contributed by atoms with Gasteiger partial charge in [-0.05, 0) is 67.8 Å². The van der Waals surface area contributed by atoms with Crippen molar-refractivity contribution in [3.63, 3.8) is 0 Å². The van der Waals surface area contributed by atoms with Crippen LogP contribution in [0.4, 0.5) is 27.9 Å². The van der Waals surface area contributed by atoms with Gasteiger partial charge in [0, 0.05) is 19.6 Å². The van der Waals surface area contributed by atoms with Gasteiger partial charge < -0.3 is 44.1 Å². The van der Waals surface area contributed by atoms with Crippen molar-refractivity contribution < 1.29 is 33.3 Å². The molecule has 18 heteroatoms. The highest BCUT2D eigenvalue weighted by atomic mass is 35.5. The predicted molar refractivity (Wildman–Crippen MR) is 218 cm³/mol. The topological polar surface area (TPSA) is 201 Å². The van der Waals surface area contributed by atoms with Gasteiger partial charge in [-0.2, -0.15) is 20.0 Å². The van der Waals surface area contributed by atoms with Gasteiger partial charge in [0.2, 0.25) is 5.95 Å². The molecular weight excluding hydrogens is 780 g/mol. The maximum absolute atomic E-state index is 13.4. The number of imidazole rings is 1. The van der Waals surface area contributed by atoms with Crippen LogP contribution in [0.25, 0.3) is 5.65 Å². The Balaban J connectivity index is 1.26. The Bertz CT molecular complexity index is 2360. The number of fused-ring (bicyclic) bond motifs is 1. The van der Waals surface area contributed by atoms with E-state index in [-0.39, 0.29) is 35.4 Å². The summed E-state index contributed by atoms with van der Waals surface area (Å²) in [5.74, 6) is 1.35. The van der Waals surface area contributed by atoms with E-state index in [9.17, 15) is 20.1 Å². The van der Waals surface area contributed by atoms with E-state index in [1.165, 1.54) is 17.8 Å². The Morgan fingerprint density at radius 3 is 2.34 bits per heavy atom. The van der Waals surface area contributed by atoms with Gasteiger partial charge in [0.25, 0.3) is 0 Å². The van der Waals surface area contributed by atoms with E-state index in [0.29, 0.717) is 54.6 Å². The number of nitrogens with one attached hydrogen (secondary N) is 2. The molecule has 3 atom stereocenters. The number of methoxy groups -OCH3 is 3. The zero-order chi connectivity index (χ0) is 42.1. The van der Waals surface area contributed by atoms with Crippen LogP contribution in [0, 0.1) is 22.7 Å². The molecule has 1 aliphatic rings. The number of halogens is 1. The van der Waals surface area contributed by atoms with Gasteiger partial charge >= 0.3 is 12.1 Å². The highest BCUT2D eigenvalue weighted by Gasteiger charge is 2.36. The highest BCUT2D eigenvalue weighted by molar-refractivity contribution is 6.36. The molecule has 2 aromatic heterocycles. The summed E-state index contributed by atoms with van der Waals surface area (Å²) in [6.45, 7) is 5.20. The first-order chi connectivity index (χ1) is 28.6. The number of hydrogen-bond acceptors (Lipinski definition) is 15. The minimum Gasteiger partial charge on any atom is -0.497 e. The molecule has 0 spiro atoms. The molecule has 0 aliphatic carbocycles. The van der Waals surface area contributed by atoms with Crippen LogP contribution in [-0.2, 0) is 32.2 Å². The number of aromatic nitrogens is 4. The van der Waals surface area contributed by atoms with Gasteiger partial charge in [0.1, 0.15) is 23.7 Å². The fourth-order valence-electron chi connectivity index (χ4n) is 6.50. The lowest BCUT2D eigenvalue weighted by Gasteiger charge is -2.40. The van der Waals surface area contributed by atoms with Crippen LogP contribution >= 0.6 is 11.6 Å². The second-order valence-corrected chi connectivity index (χ2v) is 13.8. The lowest BCUT2D eigenvalue weighted by atomic mass is 10.0. The van der Waals surface area contributed by atoms with E-state index in [4.69, 9.17) is 40.3 Å². The fourth-order valence-corrected chi connectivity index (χ4v) is 6.77. The summed E-state index contributed by atoms with van der Waals surface area (Å²) in [5.41, 5.74) is 3.44. The van der Waals surface area contributed by atoms with Crippen molar-refractivity contribution in [3.05, 3.63) is 94.3 Å². The minimum atomic E-state index is -0.938. The number of benzene rings is 3. The maximum atomic E-state index is 13.4. The second-order valence-electron chi connectivity index (χ2n) is 13.5. The number of nitrogens with zero attached hydrogens (tertiary/aromatic N) is 8. The lowest BCUT2D eigenvalue weighted by molar-refractivity contribution is -0.164. The molecule has 0 radical (unpaired) electrons. The molecular formula is C41H43ClN10O7. The van der Waals surface area contributed by atoms with Gasteiger partial charge in [0.05, 0.1) is 74.7 Å². The number of rotatable bonds is 15. The van der Waals surface area contributed by atoms with Crippen LogP contribution in [0.2, 0.25) is 5.02 Å². The van der Waals surface area contributed by atoms with E-state index < -0.39 is 30.3 Å². The molecule has 306 valence electrons. The Labute approximate surface area is 346 Å². The van der Waals surface area contributed by atoms with Crippen LogP contribution in [0.15, 0.2) is 66.9 Å². The third-order valence-corrected chi connectivity index (χ3v) is 10.1. The van der Waals surface area contributed by atoms with Crippen molar-refractivity contribution >= 4 is 52.5 Å². The summed E-state index contributed by atoms with van der Waals surface area (Å²) < 4.78 is 28.6. The molecule has 5 aromatic rings. The molecule has 2 N–H and O–H groups in total. The van der Waals surface area contributed by atoms with Crippen LogP contribution in [0.5, 0.6) is 11.5 Å². The lowest BCUT2D eigenvalue weighted by Crippen LogP contribution is -2.56. The van der Waals surface area contributed by atoms with Crippen molar-refractivity contribution in [2.24, 2.45) is 0 Å². The van der Waals surface area contributed by atoms with Gasteiger partial charge in [-0.25, -0.2) is 14.6 Å².